The van der Waals surface area contributed by atoms with E-state index in [0.717, 1.165) is 6.07 Å². The second kappa shape index (κ2) is 5.56. The Balaban J connectivity index is 2.24. The number of nitrogen functional groups attached to an aromatic ring is 1. The maximum atomic E-state index is 13.7. The van der Waals surface area contributed by atoms with Crippen molar-refractivity contribution in [3.05, 3.63) is 59.2 Å². The normalized spacial score (nSPS) is 10.3. The molecule has 104 valence electrons. The Morgan fingerprint density at radius 2 is 1.85 bits per heavy atom. The third-order valence-corrected chi connectivity index (χ3v) is 2.83. The third-order valence-electron chi connectivity index (χ3n) is 2.83. The van der Waals surface area contributed by atoms with E-state index in [-0.39, 0.29) is 23.5 Å². The van der Waals surface area contributed by atoms with Crippen LogP contribution in [0, 0.1) is 11.6 Å². The Morgan fingerprint density at radius 1 is 1.15 bits per heavy atom. The van der Waals surface area contributed by atoms with Gasteiger partial charge in [0, 0.05) is 17.8 Å². The van der Waals surface area contributed by atoms with Gasteiger partial charge in [-0.3, -0.25) is 4.79 Å². The van der Waals surface area contributed by atoms with E-state index in [4.69, 9.17) is 11.5 Å². The van der Waals surface area contributed by atoms with Crippen LogP contribution in [0.3, 0.4) is 0 Å². The fraction of sp³-hybridized carbons (Fsp3) is 0.0714. The van der Waals surface area contributed by atoms with E-state index in [2.05, 4.69) is 5.32 Å². The van der Waals surface area contributed by atoms with Crippen molar-refractivity contribution in [3.8, 4) is 0 Å². The maximum Gasteiger partial charge on any atom is 0.250 e. The molecule has 0 saturated heterocycles. The highest BCUT2D eigenvalue weighted by atomic mass is 19.1. The molecule has 0 aliphatic rings. The second-order valence-corrected chi connectivity index (χ2v) is 4.23. The summed E-state index contributed by atoms with van der Waals surface area (Å²) in [6, 6.07) is 8.34. The Morgan fingerprint density at radius 3 is 2.50 bits per heavy atom. The largest absolute Gasteiger partial charge is 0.398 e. The number of anilines is 2. The molecule has 2 aromatic carbocycles. The highest BCUT2D eigenvalue weighted by Crippen LogP contribution is 2.22. The van der Waals surface area contributed by atoms with E-state index in [1.54, 1.807) is 18.2 Å². The molecule has 2 aromatic rings. The first-order valence-electron chi connectivity index (χ1n) is 5.85. The van der Waals surface area contributed by atoms with E-state index < -0.39 is 17.5 Å². The van der Waals surface area contributed by atoms with Crippen LogP contribution in [0.15, 0.2) is 36.4 Å². The Labute approximate surface area is 114 Å². The number of nitrogens with one attached hydrogen (secondary N) is 1. The highest BCUT2D eigenvalue weighted by Gasteiger charge is 2.12. The quantitative estimate of drug-likeness (QED) is 0.750. The van der Waals surface area contributed by atoms with Crippen LogP contribution < -0.4 is 16.8 Å². The van der Waals surface area contributed by atoms with Crippen LogP contribution in [-0.2, 0) is 6.54 Å². The van der Waals surface area contributed by atoms with Crippen molar-refractivity contribution in [2.75, 3.05) is 11.1 Å². The van der Waals surface area contributed by atoms with Crippen LogP contribution in [0.4, 0.5) is 20.2 Å². The number of carbonyl (C=O) groups is 1. The number of hydrogen-bond donors (Lipinski definition) is 3. The monoisotopic (exact) mass is 277 g/mol. The van der Waals surface area contributed by atoms with Crippen molar-refractivity contribution < 1.29 is 13.6 Å². The summed E-state index contributed by atoms with van der Waals surface area (Å²) < 4.78 is 27.1. The number of carbonyl (C=O) groups excluding carboxylic acids is 1. The SMILES string of the molecule is NC(=O)c1cc(NCc2ccccc2F)c(F)cc1N. The summed E-state index contributed by atoms with van der Waals surface area (Å²) in [6.07, 6.45) is 0. The van der Waals surface area contributed by atoms with E-state index in [1.165, 1.54) is 12.1 Å². The molecule has 0 aromatic heterocycles. The molecule has 0 aliphatic heterocycles. The first-order chi connectivity index (χ1) is 9.49. The van der Waals surface area contributed by atoms with Gasteiger partial charge in [-0.05, 0) is 18.2 Å². The molecule has 1 amide bonds. The molecule has 5 N–H and O–H groups in total. The lowest BCUT2D eigenvalue weighted by atomic mass is 10.1. The Bertz CT molecular complexity index is 659. The molecular weight excluding hydrogens is 264 g/mol. The van der Waals surface area contributed by atoms with Gasteiger partial charge in [0.2, 0.25) is 0 Å². The number of hydrogen-bond acceptors (Lipinski definition) is 3. The van der Waals surface area contributed by atoms with Gasteiger partial charge in [0.05, 0.1) is 11.3 Å². The summed E-state index contributed by atoms with van der Waals surface area (Å²) in [6.45, 7) is 0.0751. The molecule has 20 heavy (non-hydrogen) atoms. The zero-order valence-electron chi connectivity index (χ0n) is 10.5. The number of primary amides is 1. The zero-order chi connectivity index (χ0) is 14.7. The summed E-state index contributed by atoms with van der Waals surface area (Å²) in [4.78, 5) is 11.1. The lowest BCUT2D eigenvalue weighted by Gasteiger charge is -2.11. The van der Waals surface area contributed by atoms with Crippen molar-refractivity contribution in [2.45, 2.75) is 6.54 Å². The number of nitrogens with two attached hydrogens (primary N) is 2. The van der Waals surface area contributed by atoms with Gasteiger partial charge in [-0.1, -0.05) is 18.2 Å². The van der Waals surface area contributed by atoms with Gasteiger partial charge in [0.15, 0.2) is 0 Å². The number of halogens is 2. The van der Waals surface area contributed by atoms with E-state index in [9.17, 15) is 13.6 Å². The van der Waals surface area contributed by atoms with Crippen LogP contribution in [0.25, 0.3) is 0 Å². The molecule has 0 saturated carbocycles. The summed E-state index contributed by atoms with van der Waals surface area (Å²) >= 11 is 0. The fourth-order valence-corrected chi connectivity index (χ4v) is 1.77. The Kier molecular flexibility index (Phi) is 3.84. The number of amides is 1. The number of rotatable bonds is 4. The van der Waals surface area contributed by atoms with E-state index in [1.807, 2.05) is 0 Å². The summed E-state index contributed by atoms with van der Waals surface area (Å²) in [7, 11) is 0. The molecule has 0 unspecified atom stereocenters. The first kappa shape index (κ1) is 13.8. The van der Waals surface area contributed by atoms with Crippen molar-refractivity contribution in [3.63, 3.8) is 0 Å². The third kappa shape index (κ3) is 2.85. The van der Waals surface area contributed by atoms with Crippen molar-refractivity contribution in [2.24, 2.45) is 5.73 Å². The first-order valence-corrected chi connectivity index (χ1v) is 5.85. The van der Waals surface area contributed by atoms with Crippen LogP contribution in [0.5, 0.6) is 0 Å². The van der Waals surface area contributed by atoms with Crippen molar-refractivity contribution in [1.82, 2.24) is 0 Å². The van der Waals surface area contributed by atoms with Crippen LogP contribution in [0.2, 0.25) is 0 Å². The molecule has 0 radical (unpaired) electrons. The lowest BCUT2D eigenvalue weighted by Crippen LogP contribution is -2.15. The van der Waals surface area contributed by atoms with Gasteiger partial charge in [0.1, 0.15) is 11.6 Å². The second-order valence-electron chi connectivity index (χ2n) is 4.23. The summed E-state index contributed by atoms with van der Waals surface area (Å²) in [5, 5.41) is 2.71. The van der Waals surface area contributed by atoms with Crippen LogP contribution in [-0.4, -0.2) is 5.91 Å². The molecule has 0 bridgehead atoms. The number of benzene rings is 2. The van der Waals surface area contributed by atoms with Gasteiger partial charge in [-0.25, -0.2) is 8.78 Å². The minimum atomic E-state index is -0.753. The molecule has 0 heterocycles. The van der Waals surface area contributed by atoms with Crippen molar-refractivity contribution in [1.29, 1.82) is 0 Å². The van der Waals surface area contributed by atoms with Gasteiger partial charge >= 0.3 is 0 Å². The average Bonchev–Trinajstić information content (AvgIpc) is 2.39. The highest BCUT2D eigenvalue weighted by molar-refractivity contribution is 5.99. The zero-order valence-corrected chi connectivity index (χ0v) is 10.5. The van der Waals surface area contributed by atoms with Crippen LogP contribution in [0.1, 0.15) is 15.9 Å². The molecule has 0 aliphatic carbocycles. The fourth-order valence-electron chi connectivity index (χ4n) is 1.77. The van der Waals surface area contributed by atoms with Crippen LogP contribution >= 0.6 is 0 Å². The predicted octanol–water partition coefficient (Wildman–Crippen LogP) is 2.26. The molecule has 0 atom stereocenters. The minimum absolute atomic E-state index is 0.0161. The van der Waals surface area contributed by atoms with E-state index in [0.29, 0.717) is 5.56 Å². The maximum absolute atomic E-state index is 13.7. The molecule has 6 heteroatoms. The van der Waals surface area contributed by atoms with E-state index >= 15 is 0 Å². The summed E-state index contributed by atoms with van der Waals surface area (Å²) in [5.41, 5.74) is 11.0. The van der Waals surface area contributed by atoms with Gasteiger partial charge < -0.3 is 16.8 Å². The lowest BCUT2D eigenvalue weighted by molar-refractivity contribution is 0.100. The molecule has 4 nitrogen and oxygen atoms in total. The Hall–Kier alpha value is -2.63. The smallest absolute Gasteiger partial charge is 0.250 e. The molecule has 0 fully saturated rings. The van der Waals surface area contributed by atoms with Gasteiger partial charge in [-0.2, -0.15) is 0 Å². The predicted molar refractivity (Wildman–Crippen MR) is 73.1 cm³/mol. The summed E-state index contributed by atoms with van der Waals surface area (Å²) in [5.74, 6) is -1.79. The average molecular weight is 277 g/mol. The standard InChI is InChI=1S/C14H13F2N3O/c15-10-4-2-1-3-8(10)7-19-13-5-9(14(18)20)12(17)6-11(13)16/h1-6,19H,7,17H2,(H2,18,20). The molecular formula is C14H13F2N3O. The van der Waals surface area contributed by atoms with Gasteiger partial charge in [0.25, 0.3) is 5.91 Å². The topological polar surface area (TPSA) is 81.1 Å². The molecule has 0 spiro atoms. The molecule has 2 rings (SSSR count). The minimum Gasteiger partial charge on any atom is -0.398 e. The van der Waals surface area contributed by atoms with Crippen molar-refractivity contribution >= 4 is 17.3 Å². The van der Waals surface area contributed by atoms with Gasteiger partial charge in [-0.15, -0.1) is 0 Å².